The van der Waals surface area contributed by atoms with Gasteiger partial charge in [0.15, 0.2) is 5.16 Å². The minimum absolute atomic E-state index is 0.0255. The van der Waals surface area contributed by atoms with Crippen LogP contribution < -0.4 is 5.84 Å². The second-order valence-electron chi connectivity index (χ2n) is 5.85. The van der Waals surface area contributed by atoms with Gasteiger partial charge in [0.2, 0.25) is 0 Å². The molecule has 1 heterocycles. The zero-order chi connectivity index (χ0) is 20.6. The van der Waals surface area contributed by atoms with E-state index in [0.717, 1.165) is 0 Å². The minimum Gasteiger partial charge on any atom is -0.462 e. The number of hydrazine groups is 1. The molecule has 0 bridgehead atoms. The molecule has 2 N–H and O–H groups in total. The Morgan fingerprint density at radius 1 is 1.44 bits per heavy atom. The molecule has 27 heavy (non-hydrogen) atoms. The van der Waals surface area contributed by atoms with Crippen LogP contribution in [0.2, 0.25) is 5.15 Å². The lowest BCUT2D eigenvalue weighted by Gasteiger charge is -2.27. The number of esters is 1. The van der Waals surface area contributed by atoms with Crippen molar-refractivity contribution in [3.05, 3.63) is 16.9 Å². The number of hydrogen-bond acceptors (Lipinski definition) is 8. The van der Waals surface area contributed by atoms with E-state index in [2.05, 4.69) is 9.97 Å². The molecular formula is C15H21ClF2N4O4S. The average molecular weight is 427 g/mol. The highest BCUT2D eigenvalue weighted by molar-refractivity contribution is 7.99. The number of hydrogen-bond donors (Lipinski definition) is 1. The maximum Gasteiger partial charge on any atom is 0.424 e. The topological polar surface area (TPSA) is 108 Å². The van der Waals surface area contributed by atoms with Crippen LogP contribution in [-0.4, -0.2) is 58.0 Å². The van der Waals surface area contributed by atoms with Gasteiger partial charge in [-0.3, -0.25) is 0 Å². The summed E-state index contributed by atoms with van der Waals surface area (Å²) in [4.78, 5) is 31.4. The van der Waals surface area contributed by atoms with E-state index in [9.17, 15) is 18.4 Å². The minimum atomic E-state index is -2.75. The molecule has 1 aromatic rings. The van der Waals surface area contributed by atoms with E-state index in [4.69, 9.17) is 26.9 Å². The lowest BCUT2D eigenvalue weighted by Crippen LogP contribution is -2.44. The van der Waals surface area contributed by atoms with Gasteiger partial charge < -0.3 is 9.47 Å². The molecule has 0 aliphatic rings. The normalized spacial score (nSPS) is 11.4. The van der Waals surface area contributed by atoms with Gasteiger partial charge in [-0.1, -0.05) is 23.4 Å². The Morgan fingerprint density at radius 3 is 2.67 bits per heavy atom. The number of alkyl halides is 2. The van der Waals surface area contributed by atoms with E-state index >= 15 is 0 Å². The molecule has 0 saturated carbocycles. The number of nitrogens with zero attached hydrogens (tertiary/aromatic N) is 3. The van der Waals surface area contributed by atoms with E-state index in [-0.39, 0.29) is 17.3 Å². The van der Waals surface area contributed by atoms with Crippen LogP contribution in [-0.2, 0) is 9.47 Å². The highest BCUT2D eigenvalue weighted by atomic mass is 35.5. The molecule has 0 radical (unpaired) electrons. The number of carbonyl (C=O) groups excluding carboxylic acids is 2. The Morgan fingerprint density at radius 2 is 2.11 bits per heavy atom. The van der Waals surface area contributed by atoms with Gasteiger partial charge in [-0.2, -0.15) is 0 Å². The molecule has 152 valence electrons. The van der Waals surface area contributed by atoms with Crippen LogP contribution in [0.1, 0.15) is 37.6 Å². The van der Waals surface area contributed by atoms with Crippen molar-refractivity contribution in [3.63, 3.8) is 0 Å². The van der Waals surface area contributed by atoms with E-state index in [1.54, 1.807) is 20.8 Å². The van der Waals surface area contributed by atoms with E-state index in [1.165, 1.54) is 18.0 Å². The predicted molar refractivity (Wildman–Crippen MR) is 95.8 cm³/mol. The fraction of sp³-hybridized carbons (Fsp3) is 0.600. The summed E-state index contributed by atoms with van der Waals surface area (Å²) in [6.07, 6.45) is -2.15. The third-order valence-electron chi connectivity index (χ3n) is 3.08. The molecule has 1 aromatic heterocycles. The Kier molecular flexibility index (Phi) is 9.13. The van der Waals surface area contributed by atoms with Gasteiger partial charge in [-0.15, -0.1) is 0 Å². The first kappa shape index (κ1) is 23.3. The van der Waals surface area contributed by atoms with Crippen LogP contribution in [0, 0.1) is 0 Å². The molecule has 0 atom stereocenters. The molecule has 0 spiro atoms. The van der Waals surface area contributed by atoms with Crippen molar-refractivity contribution in [1.82, 2.24) is 15.0 Å². The van der Waals surface area contributed by atoms with Crippen LogP contribution in [0.25, 0.3) is 0 Å². The summed E-state index contributed by atoms with van der Waals surface area (Å²) in [6, 6.07) is 0. The molecule has 12 heteroatoms. The molecule has 0 aliphatic carbocycles. The van der Waals surface area contributed by atoms with Crippen LogP contribution in [0.15, 0.2) is 11.4 Å². The molecule has 0 unspecified atom stereocenters. The van der Waals surface area contributed by atoms with E-state index < -0.39 is 30.6 Å². The summed E-state index contributed by atoms with van der Waals surface area (Å²) < 4.78 is 34.4. The number of carbonyl (C=O) groups is 2. The van der Waals surface area contributed by atoms with Gasteiger partial charge in [-0.25, -0.2) is 39.2 Å². The maximum absolute atomic E-state index is 12.2. The number of ether oxygens (including phenoxy) is 2. The first-order chi connectivity index (χ1) is 12.6. The SMILES string of the molecule is CCOC(=O)c1cnc(SCCC(C)(C)OC(=O)N(N)CC(F)F)nc1Cl. The summed E-state index contributed by atoms with van der Waals surface area (Å²) in [7, 11) is 0. The van der Waals surface area contributed by atoms with Crippen molar-refractivity contribution in [3.8, 4) is 0 Å². The largest absolute Gasteiger partial charge is 0.462 e. The fourth-order valence-corrected chi connectivity index (χ4v) is 3.03. The van der Waals surface area contributed by atoms with Gasteiger partial charge in [0.1, 0.15) is 22.9 Å². The van der Waals surface area contributed by atoms with Gasteiger partial charge in [0, 0.05) is 11.9 Å². The quantitative estimate of drug-likeness (QED) is 0.122. The summed E-state index contributed by atoms with van der Waals surface area (Å²) >= 11 is 7.19. The Balaban J connectivity index is 2.55. The molecule has 1 amide bonds. The van der Waals surface area contributed by atoms with Crippen molar-refractivity contribution < 1.29 is 27.8 Å². The monoisotopic (exact) mass is 426 g/mol. The van der Waals surface area contributed by atoms with E-state index in [1.807, 2.05) is 0 Å². The summed E-state index contributed by atoms with van der Waals surface area (Å²) in [5.74, 6) is 5.05. The zero-order valence-electron chi connectivity index (χ0n) is 15.1. The molecule has 0 saturated heterocycles. The lowest BCUT2D eigenvalue weighted by atomic mass is 10.1. The van der Waals surface area contributed by atoms with Crippen LogP contribution in [0.4, 0.5) is 13.6 Å². The molecular weight excluding hydrogens is 406 g/mol. The number of nitrogens with two attached hydrogens (primary N) is 1. The smallest absolute Gasteiger partial charge is 0.424 e. The first-order valence-electron chi connectivity index (χ1n) is 7.91. The Bertz CT molecular complexity index is 667. The summed E-state index contributed by atoms with van der Waals surface area (Å²) in [6.45, 7) is 4.21. The van der Waals surface area contributed by atoms with Crippen molar-refractivity contribution in [1.29, 1.82) is 0 Å². The molecule has 8 nitrogen and oxygen atoms in total. The lowest BCUT2D eigenvalue weighted by molar-refractivity contribution is -0.000292. The van der Waals surface area contributed by atoms with Crippen molar-refractivity contribution >= 4 is 35.4 Å². The van der Waals surface area contributed by atoms with Crippen LogP contribution >= 0.6 is 23.4 Å². The highest BCUT2D eigenvalue weighted by Crippen LogP contribution is 2.24. The second-order valence-corrected chi connectivity index (χ2v) is 7.27. The van der Waals surface area contributed by atoms with Crippen molar-refractivity contribution in [2.75, 3.05) is 18.9 Å². The third kappa shape index (κ3) is 8.22. The third-order valence-corrected chi connectivity index (χ3v) is 4.23. The number of rotatable bonds is 9. The molecule has 0 aliphatic heterocycles. The number of halogens is 3. The summed E-state index contributed by atoms with van der Waals surface area (Å²) in [5, 5.41) is 0.632. The predicted octanol–water partition coefficient (Wildman–Crippen LogP) is 3.14. The number of thioether (sulfide) groups is 1. The average Bonchev–Trinajstić information content (AvgIpc) is 2.53. The second kappa shape index (κ2) is 10.6. The molecule has 1 rings (SSSR count). The van der Waals surface area contributed by atoms with Gasteiger partial charge in [-0.05, 0) is 27.2 Å². The van der Waals surface area contributed by atoms with Gasteiger partial charge >= 0.3 is 12.1 Å². The first-order valence-corrected chi connectivity index (χ1v) is 9.28. The van der Waals surface area contributed by atoms with Crippen LogP contribution in [0.3, 0.4) is 0 Å². The standard InChI is InChI=1S/C15H21ClF2N4O4S/c1-4-25-12(23)9-7-20-13(21-11(9)16)27-6-5-15(2,3)26-14(24)22(19)8-10(17)18/h7,10H,4-6,8,19H2,1-3H3. The fourth-order valence-electron chi connectivity index (χ4n) is 1.72. The summed E-state index contributed by atoms with van der Waals surface area (Å²) in [5.41, 5.74) is -0.877. The molecule has 0 aromatic carbocycles. The molecule has 0 fully saturated rings. The maximum atomic E-state index is 12.2. The zero-order valence-corrected chi connectivity index (χ0v) is 16.6. The van der Waals surface area contributed by atoms with Crippen LogP contribution in [0.5, 0.6) is 0 Å². The number of aromatic nitrogens is 2. The van der Waals surface area contributed by atoms with E-state index in [0.29, 0.717) is 22.3 Å². The highest BCUT2D eigenvalue weighted by Gasteiger charge is 2.26. The van der Waals surface area contributed by atoms with Crippen molar-refractivity contribution in [2.45, 2.75) is 44.4 Å². The Hall–Kier alpha value is -1.72. The van der Waals surface area contributed by atoms with Crippen molar-refractivity contribution in [2.24, 2.45) is 5.84 Å². The van der Waals surface area contributed by atoms with Gasteiger partial charge in [0.05, 0.1) is 6.61 Å². The van der Waals surface area contributed by atoms with Gasteiger partial charge in [0.25, 0.3) is 6.43 Å². The number of amides is 1. The Labute approximate surface area is 164 Å².